The Hall–Kier alpha value is -5.03. The van der Waals surface area contributed by atoms with E-state index in [2.05, 4.69) is 0 Å². The van der Waals surface area contributed by atoms with Gasteiger partial charge in [-0.3, -0.25) is 15.1 Å². The van der Waals surface area contributed by atoms with Crippen LogP contribution in [-0.2, 0) is 0 Å². The number of nitro benzene ring substituents is 1. The first-order valence-corrected chi connectivity index (χ1v) is 13.9. The molecule has 3 heterocycles. The van der Waals surface area contributed by atoms with Crippen LogP contribution in [0.2, 0.25) is 0 Å². The molecule has 0 spiro atoms. The molecule has 2 aromatic heterocycles. The lowest BCUT2D eigenvalue weighted by molar-refractivity contribution is -0.384. The summed E-state index contributed by atoms with van der Waals surface area (Å²) in [6.45, 7) is 5.02. The lowest BCUT2D eigenvalue weighted by atomic mass is 10.1. The third-order valence-corrected chi connectivity index (χ3v) is 7.15. The summed E-state index contributed by atoms with van der Waals surface area (Å²) in [6, 6.07) is 22.1. The van der Waals surface area contributed by atoms with Crippen LogP contribution >= 0.6 is 11.3 Å². The number of nitro groups is 1. The average molecular weight is 567 g/mol. The predicted molar refractivity (Wildman–Crippen MR) is 158 cm³/mol. The third kappa shape index (κ3) is 5.52. The number of non-ortho nitro benzene ring substituents is 1. The molecule has 0 N–H and O–H groups in total. The molecule has 3 aromatic carbocycles. The highest BCUT2D eigenvalue weighted by Crippen LogP contribution is 2.35. The predicted octanol–water partition coefficient (Wildman–Crippen LogP) is 5.94. The summed E-state index contributed by atoms with van der Waals surface area (Å²) in [7, 11) is 0. The zero-order chi connectivity index (χ0) is 28.3. The molecule has 11 heteroatoms. The quantitative estimate of drug-likeness (QED) is 0.138. The van der Waals surface area contributed by atoms with Gasteiger partial charge in [-0.25, -0.2) is 9.36 Å². The van der Waals surface area contributed by atoms with Crippen LogP contribution in [0.3, 0.4) is 0 Å². The van der Waals surface area contributed by atoms with E-state index in [0.29, 0.717) is 29.5 Å². The van der Waals surface area contributed by atoms with Crippen LogP contribution < -0.4 is 14.3 Å². The first-order chi connectivity index (χ1) is 20.0. The molecule has 0 bridgehead atoms. The number of hydrogen-bond acceptors (Lipinski definition) is 8. The van der Waals surface area contributed by atoms with Crippen molar-refractivity contribution in [2.45, 2.75) is 19.9 Å². The largest absolute Gasteiger partial charge is 0.486 e. The Bertz CT molecular complexity index is 1800. The van der Waals surface area contributed by atoms with Gasteiger partial charge in [-0.15, -0.1) is 11.3 Å². The second-order valence-corrected chi connectivity index (χ2v) is 10.4. The van der Waals surface area contributed by atoms with Crippen LogP contribution in [0.1, 0.15) is 19.4 Å². The van der Waals surface area contributed by atoms with Crippen LogP contribution in [0.15, 0.2) is 94.5 Å². The number of ether oxygens (including phenoxy) is 2. The van der Waals surface area contributed by atoms with Crippen LogP contribution in [0, 0.1) is 10.1 Å². The zero-order valence-electron chi connectivity index (χ0n) is 22.4. The minimum Gasteiger partial charge on any atom is -0.486 e. The fraction of sp³-hybridized carbons (Fsp3) is 0.167. The maximum atomic E-state index is 11.2. The smallest absolute Gasteiger partial charge is 0.269 e. The van der Waals surface area contributed by atoms with Crippen LogP contribution in [0.25, 0.3) is 28.2 Å². The van der Waals surface area contributed by atoms with E-state index < -0.39 is 4.92 Å². The van der Waals surface area contributed by atoms with Crippen molar-refractivity contribution in [2.75, 3.05) is 13.2 Å². The fourth-order valence-electron chi connectivity index (χ4n) is 4.40. The monoisotopic (exact) mass is 566 g/mol. The van der Waals surface area contributed by atoms with E-state index in [1.807, 2.05) is 78.6 Å². The van der Waals surface area contributed by atoms with Gasteiger partial charge in [0.1, 0.15) is 18.9 Å². The summed E-state index contributed by atoms with van der Waals surface area (Å²) in [6.07, 6.45) is 3.70. The number of fused-ring (bicyclic) bond motifs is 1. The number of rotatable bonds is 7. The second-order valence-electron chi connectivity index (χ2n) is 9.56. The number of thiazole rings is 1. The minimum atomic E-state index is -0.410. The number of benzene rings is 3. The standard InChI is InChI=1S/C30H26N6O4S/c1-20(2)32-30-35(26(19-41-30)21-8-11-25(12-9-21)36(37)38)31-17-23-18-34(24-6-4-3-5-7-24)33-29(23)22-10-13-27-28(16-22)40-15-14-39-27/h3-13,16-20H,14-15H2,1-2H3/b31-17+,32-30?. The molecule has 10 nitrogen and oxygen atoms in total. The van der Waals surface area contributed by atoms with E-state index in [1.54, 1.807) is 23.0 Å². The van der Waals surface area contributed by atoms with Gasteiger partial charge in [-0.1, -0.05) is 18.2 Å². The molecule has 0 atom stereocenters. The topological polar surface area (TPSA) is 109 Å². The van der Waals surface area contributed by atoms with Crippen molar-refractivity contribution in [1.82, 2.24) is 14.5 Å². The summed E-state index contributed by atoms with van der Waals surface area (Å²) in [5.74, 6) is 1.39. The normalized spacial score (nSPS) is 13.3. The Kier molecular flexibility index (Phi) is 7.17. The molecule has 0 amide bonds. The van der Waals surface area contributed by atoms with E-state index in [9.17, 15) is 10.1 Å². The van der Waals surface area contributed by atoms with Gasteiger partial charge >= 0.3 is 0 Å². The van der Waals surface area contributed by atoms with Gasteiger partial charge in [0, 0.05) is 46.4 Å². The van der Waals surface area contributed by atoms with Crippen molar-refractivity contribution in [1.29, 1.82) is 0 Å². The molecule has 0 radical (unpaired) electrons. The van der Waals surface area contributed by atoms with Gasteiger partial charge in [-0.05, 0) is 56.3 Å². The number of hydrogen-bond donors (Lipinski definition) is 0. The fourth-order valence-corrected chi connectivity index (χ4v) is 5.37. The van der Waals surface area contributed by atoms with Crippen molar-refractivity contribution in [3.63, 3.8) is 0 Å². The lowest BCUT2D eigenvalue weighted by Crippen LogP contribution is -2.15. The Morgan fingerprint density at radius 2 is 1.73 bits per heavy atom. The molecule has 0 fully saturated rings. The zero-order valence-corrected chi connectivity index (χ0v) is 23.2. The molecule has 206 valence electrons. The van der Waals surface area contributed by atoms with E-state index in [4.69, 9.17) is 24.7 Å². The Labute approximate surface area is 239 Å². The molecule has 0 aliphatic carbocycles. The van der Waals surface area contributed by atoms with E-state index in [-0.39, 0.29) is 11.7 Å². The first kappa shape index (κ1) is 26.2. The summed E-state index contributed by atoms with van der Waals surface area (Å²) in [5.41, 5.74) is 4.89. The van der Waals surface area contributed by atoms with Crippen molar-refractivity contribution in [2.24, 2.45) is 10.1 Å². The molecule has 41 heavy (non-hydrogen) atoms. The van der Waals surface area contributed by atoms with Gasteiger partial charge in [0.25, 0.3) is 5.69 Å². The van der Waals surface area contributed by atoms with Gasteiger partial charge in [0.05, 0.1) is 22.5 Å². The maximum absolute atomic E-state index is 11.2. The molecule has 5 aromatic rings. The summed E-state index contributed by atoms with van der Waals surface area (Å²) in [4.78, 5) is 16.2. The summed E-state index contributed by atoms with van der Waals surface area (Å²) >= 11 is 1.46. The van der Waals surface area contributed by atoms with Crippen molar-refractivity contribution >= 4 is 23.2 Å². The van der Waals surface area contributed by atoms with Crippen LogP contribution in [0.5, 0.6) is 11.5 Å². The molecule has 6 rings (SSSR count). The maximum Gasteiger partial charge on any atom is 0.269 e. The van der Waals surface area contributed by atoms with Crippen LogP contribution in [-0.4, -0.2) is 44.9 Å². The summed E-state index contributed by atoms with van der Waals surface area (Å²) in [5, 5.41) is 22.9. The van der Waals surface area contributed by atoms with Crippen molar-refractivity contribution in [3.8, 4) is 39.7 Å². The van der Waals surface area contributed by atoms with Crippen molar-refractivity contribution < 1.29 is 14.4 Å². The SMILES string of the molecule is CC(C)N=c1scc(-c2ccc([N+](=O)[O-])cc2)n1/N=C/c1cn(-c2ccccc2)nc1-c1ccc2c(c1)OCCO2. The number of nitrogens with zero attached hydrogens (tertiary/aromatic N) is 6. The lowest BCUT2D eigenvalue weighted by Gasteiger charge is -2.18. The van der Waals surface area contributed by atoms with Gasteiger partial charge in [0.15, 0.2) is 11.5 Å². The Morgan fingerprint density at radius 1 is 1.00 bits per heavy atom. The minimum absolute atomic E-state index is 0.0310. The first-order valence-electron chi connectivity index (χ1n) is 13.0. The second kappa shape index (κ2) is 11.2. The molecule has 1 aliphatic rings. The van der Waals surface area contributed by atoms with Gasteiger partial charge in [-0.2, -0.15) is 10.2 Å². The highest BCUT2D eigenvalue weighted by molar-refractivity contribution is 7.07. The molecular formula is C30H26N6O4S. The molecular weight excluding hydrogens is 540 g/mol. The van der Waals surface area contributed by atoms with E-state index in [1.165, 1.54) is 23.5 Å². The van der Waals surface area contributed by atoms with Crippen molar-refractivity contribution in [3.05, 3.63) is 105 Å². The summed E-state index contributed by atoms with van der Waals surface area (Å²) < 4.78 is 15.1. The molecule has 0 unspecified atom stereocenters. The Morgan fingerprint density at radius 3 is 2.46 bits per heavy atom. The molecule has 0 saturated heterocycles. The van der Waals surface area contributed by atoms with E-state index >= 15 is 0 Å². The van der Waals surface area contributed by atoms with E-state index in [0.717, 1.165) is 33.8 Å². The number of para-hydroxylation sites is 1. The van der Waals surface area contributed by atoms with Crippen LogP contribution in [0.4, 0.5) is 5.69 Å². The third-order valence-electron chi connectivity index (χ3n) is 6.32. The molecule has 0 saturated carbocycles. The average Bonchev–Trinajstić information content (AvgIpc) is 3.60. The highest BCUT2D eigenvalue weighted by Gasteiger charge is 2.17. The Balaban J connectivity index is 1.46. The van der Waals surface area contributed by atoms with Gasteiger partial charge < -0.3 is 9.47 Å². The number of aromatic nitrogens is 3. The molecule has 1 aliphatic heterocycles. The van der Waals surface area contributed by atoms with Gasteiger partial charge in [0.2, 0.25) is 4.80 Å². The highest BCUT2D eigenvalue weighted by atomic mass is 32.1.